The summed E-state index contributed by atoms with van der Waals surface area (Å²) in [5, 5.41) is 0. The number of carbonyl (C=O) groups excluding carboxylic acids is 1. The molecule has 1 heterocycles. The van der Waals surface area contributed by atoms with Crippen LogP contribution in [0.2, 0.25) is 0 Å². The molecule has 1 aromatic carbocycles. The number of rotatable bonds is 2. The Morgan fingerprint density at radius 3 is 2.41 bits per heavy atom. The van der Waals surface area contributed by atoms with Crippen LogP contribution in [-0.2, 0) is 11.3 Å². The van der Waals surface area contributed by atoms with Gasteiger partial charge in [0.1, 0.15) is 6.54 Å². The van der Waals surface area contributed by atoms with Gasteiger partial charge < -0.3 is 5.73 Å². The maximum atomic E-state index is 12.0. The average molecular weight is 233 g/mol. The van der Waals surface area contributed by atoms with E-state index in [0.717, 1.165) is 32.5 Å². The number of quaternary nitrogens is 1. The number of likely N-dealkylation sites (tertiary alicyclic amines) is 1. The second kappa shape index (κ2) is 4.98. The van der Waals surface area contributed by atoms with Gasteiger partial charge in [-0.05, 0) is 0 Å². The summed E-state index contributed by atoms with van der Waals surface area (Å²) in [5.41, 5.74) is 7.16. The summed E-state index contributed by atoms with van der Waals surface area (Å²) in [7, 11) is 0. The molecule has 0 atom stereocenters. The first-order valence-electron chi connectivity index (χ1n) is 6.29. The predicted octanol–water partition coefficient (Wildman–Crippen LogP) is 1.67. The van der Waals surface area contributed by atoms with Crippen molar-refractivity contribution in [1.82, 2.24) is 0 Å². The Labute approximate surface area is 103 Å². The lowest BCUT2D eigenvalue weighted by molar-refractivity contribution is -0.872. The van der Waals surface area contributed by atoms with Crippen molar-refractivity contribution in [2.24, 2.45) is 5.73 Å². The van der Waals surface area contributed by atoms with Gasteiger partial charge in [-0.15, -0.1) is 0 Å². The van der Waals surface area contributed by atoms with Gasteiger partial charge in [0.2, 0.25) is 0 Å². The summed E-state index contributed by atoms with van der Waals surface area (Å²) in [6.07, 6.45) is 1.90. The van der Waals surface area contributed by atoms with Crippen LogP contribution in [-0.4, -0.2) is 29.5 Å². The number of hydrogen-bond donors (Lipinski definition) is 1. The second-order valence-corrected chi connectivity index (χ2v) is 5.09. The number of amides is 1. The molecular weight excluding hydrogens is 212 g/mol. The zero-order valence-electron chi connectivity index (χ0n) is 10.4. The van der Waals surface area contributed by atoms with Gasteiger partial charge in [0.25, 0.3) is 0 Å². The van der Waals surface area contributed by atoms with Crippen LogP contribution in [0.15, 0.2) is 30.3 Å². The highest BCUT2D eigenvalue weighted by molar-refractivity contribution is 5.65. The first-order chi connectivity index (χ1) is 8.12. The molecule has 3 nitrogen and oxygen atoms in total. The fourth-order valence-corrected chi connectivity index (χ4v) is 2.60. The Bertz CT molecular complexity index is 380. The minimum Gasteiger partial charge on any atom is -0.327 e. The van der Waals surface area contributed by atoms with Gasteiger partial charge in [-0.3, -0.25) is 4.48 Å². The van der Waals surface area contributed by atoms with Gasteiger partial charge in [0.15, 0.2) is 0 Å². The van der Waals surface area contributed by atoms with Crippen LogP contribution in [0, 0.1) is 0 Å². The minimum atomic E-state index is 0.265. The monoisotopic (exact) mass is 233 g/mol. The molecule has 3 heteroatoms. The molecule has 92 valence electrons. The van der Waals surface area contributed by atoms with Gasteiger partial charge in [-0.2, -0.15) is 0 Å². The van der Waals surface area contributed by atoms with E-state index in [0.29, 0.717) is 4.48 Å². The average Bonchev–Trinajstić information content (AvgIpc) is 2.33. The van der Waals surface area contributed by atoms with Crippen molar-refractivity contribution in [1.29, 1.82) is 0 Å². The molecule has 1 aliphatic heterocycles. The van der Waals surface area contributed by atoms with E-state index in [1.807, 2.05) is 18.2 Å². The van der Waals surface area contributed by atoms with Crippen LogP contribution >= 0.6 is 0 Å². The van der Waals surface area contributed by atoms with E-state index in [4.69, 9.17) is 5.73 Å². The molecule has 0 aliphatic carbocycles. The second-order valence-electron chi connectivity index (χ2n) is 5.09. The Kier molecular flexibility index (Phi) is 3.60. The maximum absolute atomic E-state index is 12.0. The molecule has 0 spiro atoms. The zero-order valence-corrected chi connectivity index (χ0v) is 10.4. The third kappa shape index (κ3) is 2.73. The van der Waals surface area contributed by atoms with E-state index in [2.05, 4.69) is 12.1 Å². The van der Waals surface area contributed by atoms with Gasteiger partial charge in [0.05, 0.1) is 20.0 Å². The molecule has 0 radical (unpaired) electrons. The van der Waals surface area contributed by atoms with E-state index in [1.54, 1.807) is 6.92 Å². The minimum absolute atomic E-state index is 0.265. The SMILES string of the molecule is CC(=O)[N+]1(Cc2ccccc2)CCC(N)CC1. The Hall–Kier alpha value is -1.19. The smallest absolute Gasteiger partial charge is 0.310 e. The summed E-state index contributed by atoms with van der Waals surface area (Å²) in [6, 6.07) is 10.5. The Morgan fingerprint density at radius 2 is 1.88 bits per heavy atom. The van der Waals surface area contributed by atoms with E-state index in [-0.39, 0.29) is 11.9 Å². The summed E-state index contributed by atoms with van der Waals surface area (Å²) in [4.78, 5) is 12.0. The van der Waals surface area contributed by atoms with Crippen LogP contribution in [0.25, 0.3) is 0 Å². The predicted molar refractivity (Wildman–Crippen MR) is 68.0 cm³/mol. The van der Waals surface area contributed by atoms with Crippen LogP contribution in [0.4, 0.5) is 0 Å². The van der Waals surface area contributed by atoms with Gasteiger partial charge in [-0.1, -0.05) is 30.3 Å². The Balaban J connectivity index is 2.15. The summed E-state index contributed by atoms with van der Waals surface area (Å²) in [5.74, 6) is 0.265. The van der Waals surface area contributed by atoms with Crippen molar-refractivity contribution in [2.75, 3.05) is 13.1 Å². The highest BCUT2D eigenvalue weighted by Gasteiger charge is 2.37. The molecule has 0 aromatic heterocycles. The molecule has 0 saturated carbocycles. The number of nitrogens with two attached hydrogens (primary N) is 1. The fraction of sp³-hybridized carbons (Fsp3) is 0.500. The number of nitrogens with zero attached hydrogens (tertiary/aromatic N) is 1. The largest absolute Gasteiger partial charge is 0.327 e. The van der Waals surface area contributed by atoms with Crippen LogP contribution in [0.3, 0.4) is 0 Å². The Morgan fingerprint density at radius 1 is 1.29 bits per heavy atom. The first kappa shape index (κ1) is 12.3. The van der Waals surface area contributed by atoms with Crippen LogP contribution in [0.5, 0.6) is 0 Å². The molecule has 2 N–H and O–H groups in total. The maximum Gasteiger partial charge on any atom is 0.310 e. The van der Waals surface area contributed by atoms with Crippen LogP contribution < -0.4 is 5.73 Å². The molecular formula is C14H21N2O+. The van der Waals surface area contributed by atoms with Crippen molar-refractivity contribution >= 4 is 5.91 Å². The normalized spacial score (nSPS) is 28.9. The van der Waals surface area contributed by atoms with Crippen molar-refractivity contribution in [2.45, 2.75) is 32.4 Å². The molecule has 2 rings (SSSR count). The van der Waals surface area contributed by atoms with E-state index in [9.17, 15) is 4.79 Å². The lowest BCUT2D eigenvalue weighted by Crippen LogP contribution is -2.57. The third-order valence-electron chi connectivity index (χ3n) is 3.85. The molecule has 1 aliphatic rings. The number of hydrogen-bond acceptors (Lipinski definition) is 2. The first-order valence-corrected chi connectivity index (χ1v) is 6.29. The van der Waals surface area contributed by atoms with E-state index in [1.165, 1.54) is 5.56 Å². The standard InChI is InChI=1S/C14H21N2O/c1-12(17)16(9-7-14(15)8-10-16)11-13-5-3-2-4-6-13/h2-6,14H,7-11,15H2,1H3/q+1. The van der Waals surface area contributed by atoms with Crippen molar-refractivity contribution in [3.63, 3.8) is 0 Å². The highest BCUT2D eigenvalue weighted by Crippen LogP contribution is 2.22. The summed E-state index contributed by atoms with van der Waals surface area (Å²) >= 11 is 0. The van der Waals surface area contributed by atoms with E-state index >= 15 is 0 Å². The fourth-order valence-electron chi connectivity index (χ4n) is 2.60. The topological polar surface area (TPSA) is 43.1 Å². The summed E-state index contributed by atoms with van der Waals surface area (Å²) in [6.45, 7) is 4.28. The molecule has 1 aromatic rings. The number of benzene rings is 1. The van der Waals surface area contributed by atoms with Crippen molar-refractivity contribution < 1.29 is 9.28 Å². The zero-order chi connectivity index (χ0) is 12.3. The molecule has 1 fully saturated rings. The number of piperidine rings is 1. The quantitative estimate of drug-likeness (QED) is 0.790. The van der Waals surface area contributed by atoms with E-state index < -0.39 is 0 Å². The molecule has 0 unspecified atom stereocenters. The van der Waals surface area contributed by atoms with Crippen molar-refractivity contribution in [3.8, 4) is 0 Å². The molecule has 0 bridgehead atoms. The van der Waals surface area contributed by atoms with Gasteiger partial charge in [0, 0.05) is 24.4 Å². The molecule has 17 heavy (non-hydrogen) atoms. The lowest BCUT2D eigenvalue weighted by Gasteiger charge is -2.40. The third-order valence-corrected chi connectivity index (χ3v) is 3.85. The van der Waals surface area contributed by atoms with Gasteiger partial charge >= 0.3 is 5.91 Å². The molecule has 1 saturated heterocycles. The van der Waals surface area contributed by atoms with Crippen molar-refractivity contribution in [3.05, 3.63) is 35.9 Å². The van der Waals surface area contributed by atoms with Gasteiger partial charge in [-0.25, -0.2) is 4.79 Å². The van der Waals surface area contributed by atoms with Crippen LogP contribution in [0.1, 0.15) is 25.3 Å². The molecule has 1 amide bonds. The lowest BCUT2D eigenvalue weighted by atomic mass is 10.0. The highest BCUT2D eigenvalue weighted by atomic mass is 16.2. The summed E-state index contributed by atoms with van der Waals surface area (Å²) < 4.78 is 0.567. The number of carbonyl (C=O) groups is 1.